The van der Waals surface area contributed by atoms with Crippen molar-refractivity contribution < 1.29 is 4.74 Å². The maximum atomic E-state index is 5.24. The molecule has 1 unspecified atom stereocenters. The van der Waals surface area contributed by atoms with Gasteiger partial charge in [0.15, 0.2) is 10.9 Å². The number of aliphatic imine (C=N–C) groups is 1. The molecule has 1 atom stereocenters. The summed E-state index contributed by atoms with van der Waals surface area (Å²) in [6.45, 7) is 3.56. The van der Waals surface area contributed by atoms with E-state index < -0.39 is 0 Å². The zero-order valence-corrected chi connectivity index (χ0v) is 13.3. The summed E-state index contributed by atoms with van der Waals surface area (Å²) in [5.41, 5.74) is 1.04. The number of likely N-dealkylation sites (tertiary alicyclic amines) is 1. The fourth-order valence-corrected chi connectivity index (χ4v) is 3.48. The van der Waals surface area contributed by atoms with Crippen molar-refractivity contribution in [3.63, 3.8) is 0 Å². The SMILES string of the molecule is CN=C(NCc1cn2ccsc2n1)N1CCC(COC)C1. The second-order valence-electron chi connectivity index (χ2n) is 5.28. The van der Waals surface area contributed by atoms with Gasteiger partial charge in [-0.2, -0.15) is 0 Å². The minimum atomic E-state index is 0.603. The molecule has 7 heteroatoms. The van der Waals surface area contributed by atoms with Crippen LogP contribution in [0.4, 0.5) is 0 Å². The van der Waals surface area contributed by atoms with Crippen molar-refractivity contribution in [1.29, 1.82) is 0 Å². The molecule has 3 rings (SSSR count). The number of imidazole rings is 1. The Morgan fingerprint density at radius 2 is 2.52 bits per heavy atom. The van der Waals surface area contributed by atoms with Crippen molar-refractivity contribution in [3.8, 4) is 0 Å². The maximum absolute atomic E-state index is 5.24. The van der Waals surface area contributed by atoms with Crippen LogP contribution >= 0.6 is 11.3 Å². The van der Waals surface area contributed by atoms with Gasteiger partial charge in [-0.25, -0.2) is 4.98 Å². The number of nitrogens with zero attached hydrogens (tertiary/aromatic N) is 4. The summed E-state index contributed by atoms with van der Waals surface area (Å²) in [5.74, 6) is 1.55. The van der Waals surface area contributed by atoms with Crippen LogP contribution in [0.25, 0.3) is 4.96 Å². The number of hydrogen-bond acceptors (Lipinski definition) is 4. The molecular weight excluding hydrogens is 286 g/mol. The second kappa shape index (κ2) is 6.44. The highest BCUT2D eigenvalue weighted by molar-refractivity contribution is 7.15. The van der Waals surface area contributed by atoms with Gasteiger partial charge in [0.25, 0.3) is 0 Å². The van der Waals surface area contributed by atoms with Crippen molar-refractivity contribution in [2.75, 3.05) is 33.9 Å². The highest BCUT2D eigenvalue weighted by Crippen LogP contribution is 2.16. The van der Waals surface area contributed by atoms with Gasteiger partial charge in [0.1, 0.15) is 0 Å². The van der Waals surface area contributed by atoms with E-state index in [0.29, 0.717) is 12.5 Å². The van der Waals surface area contributed by atoms with Crippen LogP contribution in [0.5, 0.6) is 0 Å². The predicted octanol–water partition coefficient (Wildman–Crippen LogP) is 1.44. The van der Waals surface area contributed by atoms with Gasteiger partial charge in [0.2, 0.25) is 0 Å². The molecule has 2 aromatic heterocycles. The van der Waals surface area contributed by atoms with E-state index in [9.17, 15) is 0 Å². The summed E-state index contributed by atoms with van der Waals surface area (Å²) in [6, 6.07) is 0. The summed E-state index contributed by atoms with van der Waals surface area (Å²) < 4.78 is 7.29. The van der Waals surface area contributed by atoms with Crippen molar-refractivity contribution >= 4 is 22.3 Å². The number of rotatable bonds is 4. The van der Waals surface area contributed by atoms with Crippen LogP contribution in [0.15, 0.2) is 22.8 Å². The molecule has 2 aromatic rings. The molecule has 1 fully saturated rings. The summed E-state index contributed by atoms with van der Waals surface area (Å²) in [6.07, 6.45) is 5.25. The predicted molar refractivity (Wildman–Crippen MR) is 84.8 cm³/mol. The Morgan fingerprint density at radius 1 is 1.62 bits per heavy atom. The fraction of sp³-hybridized carbons (Fsp3) is 0.571. The summed E-state index contributed by atoms with van der Waals surface area (Å²) in [4.78, 5) is 12.3. The molecule has 0 amide bonds. The van der Waals surface area contributed by atoms with Gasteiger partial charge in [-0.3, -0.25) is 9.39 Å². The minimum Gasteiger partial charge on any atom is -0.384 e. The van der Waals surface area contributed by atoms with Crippen molar-refractivity contribution in [1.82, 2.24) is 19.6 Å². The number of aromatic nitrogens is 2. The van der Waals surface area contributed by atoms with Crippen molar-refractivity contribution in [2.24, 2.45) is 10.9 Å². The molecule has 6 nitrogen and oxygen atoms in total. The highest BCUT2D eigenvalue weighted by atomic mass is 32.1. The van der Waals surface area contributed by atoms with E-state index in [-0.39, 0.29) is 0 Å². The van der Waals surface area contributed by atoms with Gasteiger partial charge in [-0.05, 0) is 6.42 Å². The van der Waals surface area contributed by atoms with Crippen molar-refractivity contribution in [3.05, 3.63) is 23.5 Å². The lowest BCUT2D eigenvalue weighted by Crippen LogP contribution is -2.39. The Labute approximate surface area is 128 Å². The lowest BCUT2D eigenvalue weighted by Gasteiger charge is -2.21. The van der Waals surface area contributed by atoms with E-state index in [1.54, 1.807) is 18.4 Å². The number of nitrogens with one attached hydrogen (secondary N) is 1. The van der Waals surface area contributed by atoms with E-state index in [0.717, 1.165) is 42.7 Å². The third-order valence-corrected chi connectivity index (χ3v) is 4.54. The number of thiazole rings is 1. The Bertz CT molecular complexity index is 591. The molecule has 0 bridgehead atoms. The van der Waals surface area contributed by atoms with Crippen LogP contribution in [0.1, 0.15) is 12.1 Å². The smallest absolute Gasteiger partial charge is 0.193 e. The Morgan fingerprint density at radius 3 is 3.29 bits per heavy atom. The first-order valence-corrected chi connectivity index (χ1v) is 8.03. The molecule has 0 saturated carbocycles. The monoisotopic (exact) mass is 307 g/mol. The molecule has 21 heavy (non-hydrogen) atoms. The van der Waals surface area contributed by atoms with Gasteiger partial charge in [-0.15, -0.1) is 11.3 Å². The molecule has 1 aliphatic rings. The van der Waals surface area contributed by atoms with Gasteiger partial charge in [-0.1, -0.05) is 0 Å². The molecule has 1 N–H and O–H groups in total. The maximum Gasteiger partial charge on any atom is 0.193 e. The number of methoxy groups -OCH3 is 1. The zero-order chi connectivity index (χ0) is 14.7. The third kappa shape index (κ3) is 3.19. The van der Waals surface area contributed by atoms with Gasteiger partial charge >= 0.3 is 0 Å². The number of guanidine groups is 1. The molecule has 0 spiro atoms. The molecule has 3 heterocycles. The highest BCUT2D eigenvalue weighted by Gasteiger charge is 2.24. The Hall–Kier alpha value is -1.60. The average molecular weight is 307 g/mol. The van der Waals surface area contributed by atoms with Crippen LogP contribution in [0.3, 0.4) is 0 Å². The second-order valence-corrected chi connectivity index (χ2v) is 6.15. The van der Waals surface area contributed by atoms with Gasteiger partial charge in [0.05, 0.1) is 18.8 Å². The summed E-state index contributed by atoms with van der Waals surface area (Å²) in [5, 5.41) is 5.45. The van der Waals surface area contributed by atoms with E-state index in [2.05, 4.69) is 30.8 Å². The molecule has 0 aliphatic carbocycles. The quantitative estimate of drug-likeness (QED) is 0.686. The van der Waals surface area contributed by atoms with Crippen LogP contribution in [0, 0.1) is 5.92 Å². The number of hydrogen-bond donors (Lipinski definition) is 1. The van der Waals surface area contributed by atoms with E-state index in [1.807, 2.05) is 18.6 Å². The van der Waals surface area contributed by atoms with Crippen LogP contribution in [0.2, 0.25) is 0 Å². The van der Waals surface area contributed by atoms with Crippen LogP contribution in [-0.2, 0) is 11.3 Å². The Balaban J connectivity index is 1.56. The molecule has 0 radical (unpaired) electrons. The van der Waals surface area contributed by atoms with E-state index >= 15 is 0 Å². The first-order valence-electron chi connectivity index (χ1n) is 7.15. The lowest BCUT2D eigenvalue weighted by atomic mass is 10.1. The van der Waals surface area contributed by atoms with E-state index in [4.69, 9.17) is 4.74 Å². The van der Waals surface area contributed by atoms with Crippen molar-refractivity contribution in [2.45, 2.75) is 13.0 Å². The first kappa shape index (κ1) is 14.3. The summed E-state index contributed by atoms with van der Waals surface area (Å²) >= 11 is 1.65. The minimum absolute atomic E-state index is 0.603. The molecular formula is C14H21N5OS. The molecule has 1 aliphatic heterocycles. The van der Waals surface area contributed by atoms with Gasteiger partial charge in [0, 0.05) is 50.9 Å². The third-order valence-electron chi connectivity index (χ3n) is 3.77. The van der Waals surface area contributed by atoms with Crippen LogP contribution in [-0.4, -0.2) is 54.1 Å². The first-order chi connectivity index (χ1) is 10.3. The number of fused-ring (bicyclic) bond motifs is 1. The average Bonchev–Trinajstić information content (AvgIpc) is 3.15. The number of ether oxygens (including phenoxy) is 1. The fourth-order valence-electron chi connectivity index (χ4n) is 2.76. The topological polar surface area (TPSA) is 54.2 Å². The standard InChI is InChI=1S/C14H21N5OS/c1-15-13(18-4-3-11(8-18)10-20-2)16-7-12-9-19-5-6-21-14(19)17-12/h5-6,9,11H,3-4,7-8,10H2,1-2H3,(H,15,16). The van der Waals surface area contributed by atoms with Crippen LogP contribution < -0.4 is 5.32 Å². The summed E-state index contributed by atoms with van der Waals surface area (Å²) in [7, 11) is 3.60. The molecule has 1 saturated heterocycles. The Kier molecular flexibility index (Phi) is 4.40. The molecule has 0 aromatic carbocycles. The van der Waals surface area contributed by atoms with Gasteiger partial charge < -0.3 is 15.0 Å². The zero-order valence-electron chi connectivity index (χ0n) is 12.5. The normalized spacial score (nSPS) is 19.6. The lowest BCUT2D eigenvalue weighted by molar-refractivity contribution is 0.157. The largest absolute Gasteiger partial charge is 0.384 e. The van der Waals surface area contributed by atoms with E-state index in [1.165, 1.54) is 0 Å². The molecule has 114 valence electrons.